The van der Waals surface area contributed by atoms with E-state index < -0.39 is 5.41 Å². The highest BCUT2D eigenvalue weighted by molar-refractivity contribution is 6.04. The average Bonchev–Trinajstić information content (AvgIpc) is 3.89. The third kappa shape index (κ3) is 6.17. The second-order valence-electron chi connectivity index (χ2n) is 17.9. The maximum atomic E-state index is 2.54. The molecule has 0 saturated carbocycles. The first-order valence-electron chi connectivity index (χ1n) is 23.6. The lowest BCUT2D eigenvalue weighted by Gasteiger charge is -2.33. The van der Waals surface area contributed by atoms with E-state index >= 15 is 0 Å². The van der Waals surface area contributed by atoms with Gasteiger partial charge in [0.05, 0.1) is 16.8 Å². The van der Waals surface area contributed by atoms with Crippen molar-refractivity contribution >= 4 is 17.1 Å². The normalized spacial score (nSPS) is 12.5. The lowest BCUT2D eigenvalue weighted by molar-refractivity contribution is 0.794. The van der Waals surface area contributed by atoms with E-state index in [1.165, 1.54) is 89.0 Å². The van der Waals surface area contributed by atoms with Gasteiger partial charge in [-0.25, -0.2) is 0 Å². The molecule has 11 aromatic rings. The SMILES string of the molecule is c1ccc(-c2ccc(-c3ccccc3N(c3ccc4c(c3)-c3ccccc3C43c4ccccc4-c4ccccc43)c3cccc(-c4ccccc4)c3-c3ccccc3-c3ccccc3)cc2)cc1. The smallest absolute Gasteiger partial charge is 0.0725 e. The van der Waals surface area contributed by atoms with Crippen molar-refractivity contribution in [1.82, 2.24) is 0 Å². The molecule has 11 aromatic carbocycles. The summed E-state index contributed by atoms with van der Waals surface area (Å²) in [4.78, 5) is 2.54. The summed E-state index contributed by atoms with van der Waals surface area (Å²) in [5.74, 6) is 0. The van der Waals surface area contributed by atoms with Crippen LogP contribution in [0.5, 0.6) is 0 Å². The third-order valence-corrected chi connectivity index (χ3v) is 14.3. The lowest BCUT2D eigenvalue weighted by atomic mass is 9.70. The first-order chi connectivity index (χ1) is 33.8. The number of para-hydroxylation sites is 1. The fourth-order valence-corrected chi connectivity index (χ4v) is 11.5. The van der Waals surface area contributed by atoms with E-state index in [0.717, 1.165) is 28.2 Å². The van der Waals surface area contributed by atoms with Crippen molar-refractivity contribution in [3.8, 4) is 77.9 Å². The molecule has 0 heterocycles. The Morgan fingerprint density at radius 2 is 0.603 bits per heavy atom. The molecule has 2 aliphatic rings. The summed E-state index contributed by atoms with van der Waals surface area (Å²) >= 11 is 0. The highest BCUT2D eigenvalue weighted by Crippen LogP contribution is 2.63. The minimum Gasteiger partial charge on any atom is -0.309 e. The Balaban J connectivity index is 1.10. The highest BCUT2D eigenvalue weighted by atomic mass is 15.1. The van der Waals surface area contributed by atoms with Gasteiger partial charge in [0.1, 0.15) is 0 Å². The number of anilines is 3. The Hall–Kier alpha value is -8.78. The van der Waals surface area contributed by atoms with Crippen LogP contribution in [0.2, 0.25) is 0 Å². The molecule has 0 amide bonds. The molecule has 0 saturated heterocycles. The molecule has 0 unspecified atom stereocenters. The minimum atomic E-state index is -0.437. The number of rotatable bonds is 8. The summed E-state index contributed by atoms with van der Waals surface area (Å²) in [5.41, 5.74) is 25.1. The fraction of sp³-hybridized carbons (Fsp3) is 0.0149. The number of hydrogen-bond acceptors (Lipinski definition) is 1. The van der Waals surface area contributed by atoms with Gasteiger partial charge in [-0.2, -0.15) is 0 Å². The number of hydrogen-bond donors (Lipinski definition) is 0. The molecule has 1 spiro atoms. The molecule has 0 atom stereocenters. The number of nitrogens with zero attached hydrogens (tertiary/aromatic N) is 1. The van der Waals surface area contributed by atoms with Crippen LogP contribution in [0, 0.1) is 0 Å². The lowest BCUT2D eigenvalue weighted by Crippen LogP contribution is -2.25. The van der Waals surface area contributed by atoms with E-state index in [0.29, 0.717) is 0 Å². The predicted octanol–water partition coefficient (Wildman–Crippen LogP) is 17.8. The standard InChI is InChI=1S/C67H45N/c1-4-21-46(22-5-1)47-39-41-50(42-40-47)53-28-15-19-37-64(53)68(65-38-20-33-54(49-25-8-3-9-26-49)66(65)58-32-11-10-27-52(58)48-23-6-2-7-24-48)51-43-44-63-59(45-51)57-31-14-18-36-62(57)67(63)60-34-16-12-29-55(60)56-30-13-17-35-61(56)67/h1-45H. The van der Waals surface area contributed by atoms with E-state index in [1.54, 1.807) is 0 Å². The predicted molar refractivity (Wildman–Crippen MR) is 285 cm³/mol. The molecule has 13 rings (SSSR count). The first kappa shape index (κ1) is 39.6. The molecule has 68 heavy (non-hydrogen) atoms. The zero-order chi connectivity index (χ0) is 45.0. The van der Waals surface area contributed by atoms with Gasteiger partial charge in [0.2, 0.25) is 0 Å². The number of benzene rings is 11. The van der Waals surface area contributed by atoms with Crippen LogP contribution in [-0.2, 0) is 5.41 Å². The Morgan fingerprint density at radius 1 is 0.221 bits per heavy atom. The van der Waals surface area contributed by atoms with Gasteiger partial charge in [-0.3, -0.25) is 0 Å². The van der Waals surface area contributed by atoms with Crippen LogP contribution >= 0.6 is 0 Å². The van der Waals surface area contributed by atoms with Crippen molar-refractivity contribution in [1.29, 1.82) is 0 Å². The summed E-state index contributed by atoms with van der Waals surface area (Å²) in [6.07, 6.45) is 0. The molecule has 318 valence electrons. The minimum absolute atomic E-state index is 0.437. The van der Waals surface area contributed by atoms with Crippen LogP contribution in [-0.4, -0.2) is 0 Å². The van der Waals surface area contributed by atoms with Crippen LogP contribution in [0.3, 0.4) is 0 Å². The first-order valence-corrected chi connectivity index (χ1v) is 23.6. The topological polar surface area (TPSA) is 3.24 Å². The van der Waals surface area contributed by atoms with Crippen LogP contribution in [0.15, 0.2) is 273 Å². The van der Waals surface area contributed by atoms with Crippen molar-refractivity contribution in [3.63, 3.8) is 0 Å². The Morgan fingerprint density at radius 3 is 1.21 bits per heavy atom. The third-order valence-electron chi connectivity index (χ3n) is 14.3. The summed E-state index contributed by atoms with van der Waals surface area (Å²) in [6, 6.07) is 101. The molecule has 0 bridgehead atoms. The Kier molecular flexibility index (Phi) is 9.47. The molecular weight excluding hydrogens is 819 g/mol. The van der Waals surface area contributed by atoms with Gasteiger partial charge in [0, 0.05) is 16.8 Å². The summed E-state index contributed by atoms with van der Waals surface area (Å²) < 4.78 is 0. The van der Waals surface area contributed by atoms with E-state index in [2.05, 4.69) is 278 Å². The maximum Gasteiger partial charge on any atom is 0.0725 e. The van der Waals surface area contributed by atoms with Crippen molar-refractivity contribution in [2.24, 2.45) is 0 Å². The van der Waals surface area contributed by atoms with E-state index in [1.807, 2.05) is 0 Å². The maximum absolute atomic E-state index is 2.54. The summed E-state index contributed by atoms with van der Waals surface area (Å²) in [7, 11) is 0. The van der Waals surface area contributed by atoms with Crippen LogP contribution < -0.4 is 4.90 Å². The quantitative estimate of drug-likeness (QED) is 0.147. The number of fused-ring (bicyclic) bond motifs is 10. The second kappa shape index (κ2) is 16.3. The molecule has 0 N–H and O–H groups in total. The van der Waals surface area contributed by atoms with E-state index in [-0.39, 0.29) is 0 Å². The van der Waals surface area contributed by atoms with Gasteiger partial charge in [-0.05, 0) is 113 Å². The summed E-state index contributed by atoms with van der Waals surface area (Å²) in [5, 5.41) is 0. The fourth-order valence-electron chi connectivity index (χ4n) is 11.5. The molecule has 0 aliphatic heterocycles. The molecular formula is C67H45N. The van der Waals surface area contributed by atoms with Crippen LogP contribution in [0.25, 0.3) is 77.9 Å². The van der Waals surface area contributed by atoms with E-state index in [9.17, 15) is 0 Å². The van der Waals surface area contributed by atoms with Crippen LogP contribution in [0.1, 0.15) is 22.3 Å². The summed E-state index contributed by atoms with van der Waals surface area (Å²) in [6.45, 7) is 0. The molecule has 1 nitrogen and oxygen atoms in total. The molecule has 0 fully saturated rings. The average molecular weight is 864 g/mol. The van der Waals surface area contributed by atoms with Crippen LogP contribution in [0.4, 0.5) is 17.1 Å². The molecule has 2 aliphatic carbocycles. The van der Waals surface area contributed by atoms with Crippen molar-refractivity contribution in [2.75, 3.05) is 4.90 Å². The Bertz CT molecular complexity index is 3620. The van der Waals surface area contributed by atoms with Gasteiger partial charge < -0.3 is 4.90 Å². The highest BCUT2D eigenvalue weighted by Gasteiger charge is 2.51. The van der Waals surface area contributed by atoms with Crippen molar-refractivity contribution in [2.45, 2.75) is 5.41 Å². The second-order valence-corrected chi connectivity index (χ2v) is 17.9. The largest absolute Gasteiger partial charge is 0.309 e. The Labute approximate surface area is 398 Å². The van der Waals surface area contributed by atoms with Crippen molar-refractivity contribution < 1.29 is 0 Å². The zero-order valence-electron chi connectivity index (χ0n) is 37.4. The molecule has 0 radical (unpaired) electrons. The van der Waals surface area contributed by atoms with Crippen molar-refractivity contribution in [3.05, 3.63) is 295 Å². The monoisotopic (exact) mass is 863 g/mol. The van der Waals surface area contributed by atoms with Gasteiger partial charge in [-0.15, -0.1) is 0 Å². The van der Waals surface area contributed by atoms with Gasteiger partial charge in [0.15, 0.2) is 0 Å². The van der Waals surface area contributed by atoms with Gasteiger partial charge in [0.25, 0.3) is 0 Å². The zero-order valence-corrected chi connectivity index (χ0v) is 37.4. The van der Waals surface area contributed by atoms with Gasteiger partial charge in [-0.1, -0.05) is 249 Å². The molecule has 1 heteroatoms. The van der Waals surface area contributed by atoms with Gasteiger partial charge >= 0.3 is 0 Å². The molecule has 0 aromatic heterocycles. The van der Waals surface area contributed by atoms with E-state index in [4.69, 9.17) is 0 Å².